The predicted molar refractivity (Wildman–Crippen MR) is 93.0 cm³/mol. The molecule has 4 nitrogen and oxygen atoms in total. The fourth-order valence-electron chi connectivity index (χ4n) is 2.17. The Balaban J connectivity index is 1.95. The van der Waals surface area contributed by atoms with Gasteiger partial charge in [-0.15, -0.1) is 0 Å². The van der Waals surface area contributed by atoms with Crippen LogP contribution in [-0.2, 0) is 15.8 Å². The molecule has 144 valence electrons. The molecule has 0 amide bonds. The molecule has 0 radical (unpaired) electrons. The first-order valence-electron chi connectivity index (χ1n) is 8.35. The third-order valence-corrected chi connectivity index (χ3v) is 3.77. The number of carbonyl (C=O) groups excluding carboxylic acids is 2. The third-order valence-electron chi connectivity index (χ3n) is 3.77. The summed E-state index contributed by atoms with van der Waals surface area (Å²) in [5, 5.41) is 0. The minimum atomic E-state index is -4.40. The zero-order valence-electron chi connectivity index (χ0n) is 14.9. The molecule has 0 saturated carbocycles. The molecular formula is C20H19F3O4. The molecule has 1 atom stereocenters. The van der Waals surface area contributed by atoms with Gasteiger partial charge in [0.2, 0.25) is 0 Å². The molecule has 0 heterocycles. The molecule has 0 bridgehead atoms. The maximum Gasteiger partial charge on any atom is 0.416 e. The van der Waals surface area contributed by atoms with Gasteiger partial charge in [-0.1, -0.05) is 6.92 Å². The van der Waals surface area contributed by atoms with Crippen LogP contribution in [0.15, 0.2) is 48.5 Å². The minimum absolute atomic E-state index is 0.143. The maximum absolute atomic E-state index is 12.5. The number of rotatable bonds is 8. The van der Waals surface area contributed by atoms with Crippen LogP contribution in [0, 0.1) is 0 Å². The second kappa shape index (κ2) is 8.70. The minimum Gasteiger partial charge on any atom is -0.483 e. The van der Waals surface area contributed by atoms with Gasteiger partial charge in [0, 0.05) is 6.42 Å². The fraction of sp³-hybridized carbons (Fsp3) is 0.300. The quantitative estimate of drug-likeness (QED) is 0.591. The zero-order valence-corrected chi connectivity index (χ0v) is 14.9. The Hall–Kier alpha value is -2.83. The lowest BCUT2D eigenvalue weighted by Crippen LogP contribution is -2.25. The van der Waals surface area contributed by atoms with Crippen LogP contribution in [0.4, 0.5) is 13.2 Å². The van der Waals surface area contributed by atoms with E-state index in [1.165, 1.54) is 12.1 Å². The molecule has 0 spiro atoms. The second-order valence-electron chi connectivity index (χ2n) is 5.89. The van der Waals surface area contributed by atoms with E-state index in [9.17, 15) is 22.8 Å². The normalized spacial score (nSPS) is 12.3. The van der Waals surface area contributed by atoms with Crippen LogP contribution in [-0.4, -0.2) is 17.7 Å². The highest BCUT2D eigenvalue weighted by molar-refractivity contribution is 6.00. The largest absolute Gasteiger partial charge is 0.483 e. The summed E-state index contributed by atoms with van der Waals surface area (Å²) >= 11 is 0. The topological polar surface area (TPSA) is 52.6 Å². The molecule has 0 saturated heterocycles. The van der Waals surface area contributed by atoms with Crippen molar-refractivity contribution in [3.8, 4) is 17.2 Å². The van der Waals surface area contributed by atoms with Gasteiger partial charge in [0.05, 0.1) is 12.0 Å². The number of carbonyl (C=O) groups is 2. The highest BCUT2D eigenvalue weighted by Crippen LogP contribution is 2.31. The second-order valence-corrected chi connectivity index (χ2v) is 5.89. The van der Waals surface area contributed by atoms with Crippen molar-refractivity contribution in [2.24, 2.45) is 0 Å². The summed E-state index contributed by atoms with van der Waals surface area (Å²) in [6.45, 7) is 3.26. The van der Waals surface area contributed by atoms with Crippen molar-refractivity contribution in [2.45, 2.75) is 39.0 Å². The summed E-state index contributed by atoms with van der Waals surface area (Å²) in [7, 11) is 0. The van der Waals surface area contributed by atoms with Crippen LogP contribution in [0.3, 0.4) is 0 Å². The molecule has 0 aliphatic carbocycles. The van der Waals surface area contributed by atoms with Crippen molar-refractivity contribution < 1.29 is 32.2 Å². The Morgan fingerprint density at radius 3 is 1.89 bits per heavy atom. The highest BCUT2D eigenvalue weighted by Gasteiger charge is 2.30. The molecule has 2 aromatic carbocycles. The number of alkyl halides is 3. The Kier molecular flexibility index (Phi) is 6.60. The molecule has 0 fully saturated rings. The Morgan fingerprint density at radius 2 is 1.41 bits per heavy atom. The van der Waals surface area contributed by atoms with Gasteiger partial charge in [-0.25, -0.2) is 0 Å². The van der Waals surface area contributed by atoms with Crippen LogP contribution >= 0.6 is 0 Å². The number of ether oxygens (including phenoxy) is 2. The van der Waals surface area contributed by atoms with Crippen molar-refractivity contribution in [1.29, 1.82) is 0 Å². The summed E-state index contributed by atoms with van der Waals surface area (Å²) in [6, 6.07) is 10.6. The average Bonchev–Trinajstić information content (AvgIpc) is 2.62. The van der Waals surface area contributed by atoms with Crippen LogP contribution in [0.2, 0.25) is 0 Å². The number of halogens is 3. The number of ketones is 2. The molecule has 0 N–H and O–H groups in total. The van der Waals surface area contributed by atoms with E-state index >= 15 is 0 Å². The molecule has 2 aromatic rings. The van der Waals surface area contributed by atoms with E-state index < -0.39 is 17.8 Å². The van der Waals surface area contributed by atoms with Crippen molar-refractivity contribution in [2.75, 3.05) is 0 Å². The summed E-state index contributed by atoms with van der Waals surface area (Å²) in [4.78, 5) is 23.2. The third kappa shape index (κ3) is 6.13. The van der Waals surface area contributed by atoms with E-state index in [-0.39, 0.29) is 23.7 Å². The standard InChI is InChI=1S/C20H19F3O4/c1-3-15(24)12-19(25)13(2)26-16-8-10-18(11-9-16)27-17-6-4-14(5-7-17)20(21,22)23/h4-11,13H,3,12H2,1-2H3. The summed E-state index contributed by atoms with van der Waals surface area (Å²) < 4.78 is 48.6. The van der Waals surface area contributed by atoms with E-state index in [4.69, 9.17) is 9.47 Å². The lowest BCUT2D eigenvalue weighted by molar-refractivity contribution is -0.137. The summed E-state index contributed by atoms with van der Waals surface area (Å²) in [6.07, 6.45) is -5.02. The fourth-order valence-corrected chi connectivity index (χ4v) is 2.17. The van der Waals surface area contributed by atoms with Gasteiger partial charge < -0.3 is 9.47 Å². The Morgan fingerprint density at radius 1 is 0.926 bits per heavy atom. The van der Waals surface area contributed by atoms with E-state index in [2.05, 4.69) is 0 Å². The monoisotopic (exact) mass is 380 g/mol. The Labute approximate surface area is 154 Å². The van der Waals surface area contributed by atoms with Gasteiger partial charge in [0.25, 0.3) is 0 Å². The van der Waals surface area contributed by atoms with E-state index in [0.29, 0.717) is 17.9 Å². The lowest BCUT2D eigenvalue weighted by Gasteiger charge is -2.14. The van der Waals surface area contributed by atoms with Gasteiger partial charge in [-0.2, -0.15) is 13.2 Å². The summed E-state index contributed by atoms with van der Waals surface area (Å²) in [5.41, 5.74) is -0.751. The molecule has 27 heavy (non-hydrogen) atoms. The predicted octanol–water partition coefficient (Wildman–Crippen LogP) is 5.20. The molecular weight excluding hydrogens is 361 g/mol. The first-order chi connectivity index (χ1) is 12.7. The van der Waals surface area contributed by atoms with E-state index in [1.54, 1.807) is 38.1 Å². The van der Waals surface area contributed by atoms with Crippen LogP contribution in [0.1, 0.15) is 32.3 Å². The first kappa shape index (κ1) is 20.5. The summed E-state index contributed by atoms with van der Waals surface area (Å²) in [5.74, 6) is 0.641. The smallest absolute Gasteiger partial charge is 0.416 e. The molecule has 7 heteroatoms. The molecule has 0 aliphatic heterocycles. The number of Topliss-reactive ketones (excluding diaryl/α,β-unsaturated/α-hetero) is 2. The number of hydrogen-bond acceptors (Lipinski definition) is 4. The van der Waals surface area contributed by atoms with Gasteiger partial charge in [-0.3, -0.25) is 9.59 Å². The van der Waals surface area contributed by atoms with Crippen LogP contribution in [0.5, 0.6) is 17.2 Å². The first-order valence-corrected chi connectivity index (χ1v) is 8.35. The van der Waals surface area contributed by atoms with Crippen molar-refractivity contribution in [1.82, 2.24) is 0 Å². The lowest BCUT2D eigenvalue weighted by atomic mass is 10.1. The van der Waals surface area contributed by atoms with E-state index in [0.717, 1.165) is 12.1 Å². The molecule has 0 aliphatic rings. The molecule has 1 unspecified atom stereocenters. The Bertz CT molecular complexity index is 780. The van der Waals surface area contributed by atoms with Crippen LogP contribution in [0.25, 0.3) is 0 Å². The van der Waals surface area contributed by atoms with Gasteiger partial charge in [0.15, 0.2) is 11.9 Å². The SMILES string of the molecule is CCC(=O)CC(=O)C(C)Oc1ccc(Oc2ccc(C(F)(F)F)cc2)cc1. The van der Waals surface area contributed by atoms with Crippen molar-refractivity contribution in [3.05, 3.63) is 54.1 Å². The van der Waals surface area contributed by atoms with Gasteiger partial charge >= 0.3 is 6.18 Å². The maximum atomic E-state index is 12.5. The van der Waals surface area contributed by atoms with Crippen molar-refractivity contribution >= 4 is 11.6 Å². The average molecular weight is 380 g/mol. The van der Waals surface area contributed by atoms with E-state index in [1.807, 2.05) is 0 Å². The highest BCUT2D eigenvalue weighted by atomic mass is 19.4. The van der Waals surface area contributed by atoms with Crippen LogP contribution < -0.4 is 9.47 Å². The van der Waals surface area contributed by atoms with Gasteiger partial charge in [-0.05, 0) is 55.5 Å². The number of benzene rings is 2. The van der Waals surface area contributed by atoms with Gasteiger partial charge in [0.1, 0.15) is 23.0 Å². The zero-order chi connectivity index (χ0) is 20.0. The molecule has 2 rings (SSSR count). The molecule has 0 aromatic heterocycles. The van der Waals surface area contributed by atoms with Crippen molar-refractivity contribution in [3.63, 3.8) is 0 Å². The number of hydrogen-bond donors (Lipinski definition) is 0.